The highest BCUT2D eigenvalue weighted by Gasteiger charge is 2.33. The van der Waals surface area contributed by atoms with Gasteiger partial charge >= 0.3 is 0 Å². The first-order valence-electron chi connectivity index (χ1n) is 7.46. The zero-order chi connectivity index (χ0) is 13.8. The van der Waals surface area contributed by atoms with Crippen molar-refractivity contribution in [2.45, 2.75) is 52.1 Å². The van der Waals surface area contributed by atoms with Gasteiger partial charge in [-0.3, -0.25) is 4.90 Å². The zero-order valence-corrected chi connectivity index (χ0v) is 13.5. The van der Waals surface area contributed by atoms with Crippen LogP contribution in [0.4, 0.5) is 0 Å². The van der Waals surface area contributed by atoms with Gasteiger partial charge in [-0.2, -0.15) is 0 Å². The summed E-state index contributed by atoms with van der Waals surface area (Å²) in [6, 6.07) is 1.07. The summed E-state index contributed by atoms with van der Waals surface area (Å²) in [6.07, 6.45) is 3.97. The van der Waals surface area contributed by atoms with Crippen LogP contribution in [-0.2, 0) is 0 Å². The van der Waals surface area contributed by atoms with Crippen LogP contribution in [0.25, 0.3) is 0 Å². The first kappa shape index (κ1) is 14.9. The monoisotopic (exact) mass is 281 g/mol. The van der Waals surface area contributed by atoms with Crippen molar-refractivity contribution in [3.63, 3.8) is 0 Å². The molecule has 2 heterocycles. The maximum absolute atomic E-state index is 4.79. The average Bonchev–Trinajstić information content (AvgIpc) is 2.67. The number of thiazole rings is 1. The van der Waals surface area contributed by atoms with Crippen molar-refractivity contribution in [2.75, 3.05) is 20.1 Å². The lowest BCUT2D eigenvalue weighted by Gasteiger charge is -2.37. The Labute approximate surface area is 121 Å². The molecule has 3 nitrogen and oxygen atoms in total. The van der Waals surface area contributed by atoms with Gasteiger partial charge in [0.15, 0.2) is 0 Å². The molecule has 4 heteroatoms. The van der Waals surface area contributed by atoms with Gasteiger partial charge in [0.05, 0.1) is 16.7 Å². The first-order valence-corrected chi connectivity index (χ1v) is 8.33. The average molecular weight is 281 g/mol. The fourth-order valence-corrected chi connectivity index (χ4v) is 3.89. The number of nitrogens with zero attached hydrogens (tertiary/aromatic N) is 2. The molecule has 0 amide bonds. The summed E-state index contributed by atoms with van der Waals surface area (Å²) in [5, 5.41) is 6.83. The second kappa shape index (κ2) is 6.82. The molecule has 2 unspecified atom stereocenters. The quantitative estimate of drug-likeness (QED) is 0.918. The number of rotatable bonds is 4. The summed E-state index contributed by atoms with van der Waals surface area (Å²) < 4.78 is 0. The molecule has 1 aliphatic heterocycles. The third-order valence-electron chi connectivity index (χ3n) is 4.11. The Morgan fingerprint density at radius 3 is 2.84 bits per heavy atom. The minimum atomic E-state index is 0.486. The van der Waals surface area contributed by atoms with Crippen molar-refractivity contribution in [2.24, 2.45) is 5.92 Å². The van der Waals surface area contributed by atoms with Gasteiger partial charge in [-0.1, -0.05) is 6.42 Å². The molecule has 0 bridgehead atoms. The molecular formula is C15H27N3S. The Bertz CT molecular complexity index is 388. The van der Waals surface area contributed by atoms with E-state index >= 15 is 0 Å². The molecule has 0 radical (unpaired) electrons. The second-order valence-corrected chi connectivity index (χ2v) is 6.94. The molecule has 0 aromatic carbocycles. The van der Waals surface area contributed by atoms with E-state index < -0.39 is 0 Å². The molecule has 1 saturated heterocycles. The van der Waals surface area contributed by atoms with Crippen LogP contribution in [0, 0.1) is 12.8 Å². The highest BCUT2D eigenvalue weighted by Crippen LogP contribution is 2.36. The number of likely N-dealkylation sites (tertiary alicyclic amines) is 1. The number of hydrogen-bond acceptors (Lipinski definition) is 4. The Hall–Kier alpha value is -0.450. The van der Waals surface area contributed by atoms with E-state index in [4.69, 9.17) is 4.98 Å². The van der Waals surface area contributed by atoms with Crippen molar-refractivity contribution >= 4 is 11.3 Å². The van der Waals surface area contributed by atoms with Gasteiger partial charge in [-0.15, -0.1) is 11.3 Å². The molecule has 1 fully saturated rings. The molecule has 2 rings (SSSR count). The molecule has 1 aliphatic rings. The van der Waals surface area contributed by atoms with Crippen molar-refractivity contribution < 1.29 is 0 Å². The maximum atomic E-state index is 4.79. The van der Waals surface area contributed by atoms with Crippen LogP contribution in [0.1, 0.15) is 49.9 Å². The standard InChI is InChI=1S/C15H27N3S/c1-11(2)18-8-6-5-7-13(9-16-4)15(18)14-10-19-12(3)17-14/h10-11,13,15-16H,5-9H2,1-4H3. The van der Waals surface area contributed by atoms with Crippen LogP contribution in [0.2, 0.25) is 0 Å². The molecule has 108 valence electrons. The molecular weight excluding hydrogens is 254 g/mol. The summed E-state index contributed by atoms with van der Waals surface area (Å²) in [4.78, 5) is 7.45. The van der Waals surface area contributed by atoms with Gasteiger partial charge in [0, 0.05) is 11.4 Å². The molecule has 1 N–H and O–H groups in total. The van der Waals surface area contributed by atoms with E-state index in [1.54, 1.807) is 11.3 Å². The largest absolute Gasteiger partial charge is 0.319 e. The van der Waals surface area contributed by atoms with Crippen molar-refractivity contribution in [3.8, 4) is 0 Å². The molecule has 0 aliphatic carbocycles. The van der Waals surface area contributed by atoms with Crippen molar-refractivity contribution in [3.05, 3.63) is 16.1 Å². The molecule has 2 atom stereocenters. The molecule has 1 aromatic rings. The number of aromatic nitrogens is 1. The summed E-state index contributed by atoms with van der Waals surface area (Å²) >= 11 is 1.78. The fourth-order valence-electron chi connectivity index (χ4n) is 3.25. The normalized spacial score (nSPS) is 25.7. The molecule has 19 heavy (non-hydrogen) atoms. The highest BCUT2D eigenvalue weighted by atomic mass is 32.1. The molecule has 1 aromatic heterocycles. The summed E-state index contributed by atoms with van der Waals surface area (Å²) in [6.45, 7) is 9.03. The predicted molar refractivity (Wildman–Crippen MR) is 82.7 cm³/mol. The molecule has 0 spiro atoms. The third kappa shape index (κ3) is 3.56. The molecule has 0 saturated carbocycles. The van der Waals surface area contributed by atoms with Gasteiger partial charge < -0.3 is 5.32 Å². The number of hydrogen-bond donors (Lipinski definition) is 1. The van der Waals surface area contributed by atoms with E-state index in [0.717, 1.165) is 6.54 Å². The Morgan fingerprint density at radius 1 is 1.47 bits per heavy atom. The summed E-state index contributed by atoms with van der Waals surface area (Å²) in [5.74, 6) is 0.677. The highest BCUT2D eigenvalue weighted by molar-refractivity contribution is 7.09. The van der Waals surface area contributed by atoms with Gasteiger partial charge in [-0.05, 0) is 59.7 Å². The first-order chi connectivity index (χ1) is 9.13. The van der Waals surface area contributed by atoms with Crippen LogP contribution < -0.4 is 5.32 Å². The number of aryl methyl sites for hydroxylation is 1. The SMILES string of the molecule is CNCC1CCCCN(C(C)C)C1c1csc(C)n1. The third-order valence-corrected chi connectivity index (χ3v) is 4.91. The van der Waals surface area contributed by atoms with E-state index in [2.05, 4.69) is 43.4 Å². The minimum absolute atomic E-state index is 0.486. The lowest BCUT2D eigenvalue weighted by atomic mass is 9.92. The Kier molecular flexibility index (Phi) is 5.37. The van der Waals surface area contributed by atoms with E-state index in [1.165, 1.54) is 36.5 Å². The van der Waals surface area contributed by atoms with Crippen LogP contribution in [-0.4, -0.2) is 36.1 Å². The topological polar surface area (TPSA) is 28.2 Å². The van der Waals surface area contributed by atoms with Crippen LogP contribution in [0.15, 0.2) is 5.38 Å². The van der Waals surface area contributed by atoms with E-state index in [1.807, 2.05) is 0 Å². The van der Waals surface area contributed by atoms with Gasteiger partial charge in [-0.25, -0.2) is 4.98 Å². The zero-order valence-electron chi connectivity index (χ0n) is 12.6. The van der Waals surface area contributed by atoms with E-state index in [9.17, 15) is 0 Å². The lowest BCUT2D eigenvalue weighted by Crippen LogP contribution is -2.40. The predicted octanol–water partition coefficient (Wildman–Crippen LogP) is 3.22. The lowest BCUT2D eigenvalue weighted by molar-refractivity contribution is 0.116. The number of nitrogens with one attached hydrogen (secondary N) is 1. The van der Waals surface area contributed by atoms with Crippen molar-refractivity contribution in [1.29, 1.82) is 0 Å². The second-order valence-electron chi connectivity index (χ2n) is 5.88. The van der Waals surface area contributed by atoms with Crippen molar-refractivity contribution in [1.82, 2.24) is 15.2 Å². The van der Waals surface area contributed by atoms with E-state index in [0.29, 0.717) is 18.0 Å². The minimum Gasteiger partial charge on any atom is -0.319 e. The summed E-state index contributed by atoms with van der Waals surface area (Å²) in [7, 11) is 2.06. The summed E-state index contributed by atoms with van der Waals surface area (Å²) in [5.41, 5.74) is 1.29. The van der Waals surface area contributed by atoms with Gasteiger partial charge in [0.1, 0.15) is 0 Å². The van der Waals surface area contributed by atoms with Crippen LogP contribution in [0.3, 0.4) is 0 Å². The van der Waals surface area contributed by atoms with Gasteiger partial charge in [0.2, 0.25) is 0 Å². The van der Waals surface area contributed by atoms with E-state index in [-0.39, 0.29) is 0 Å². The van der Waals surface area contributed by atoms with Gasteiger partial charge in [0.25, 0.3) is 0 Å². The Balaban J connectivity index is 2.30. The fraction of sp³-hybridized carbons (Fsp3) is 0.800. The van der Waals surface area contributed by atoms with Crippen LogP contribution in [0.5, 0.6) is 0 Å². The Morgan fingerprint density at radius 2 is 2.26 bits per heavy atom. The maximum Gasteiger partial charge on any atom is 0.0898 e. The van der Waals surface area contributed by atoms with Crippen LogP contribution >= 0.6 is 11.3 Å². The smallest absolute Gasteiger partial charge is 0.0898 e.